The Balaban J connectivity index is 2.71. The molecule has 1 aromatic carbocycles. The van der Waals surface area contributed by atoms with Crippen LogP contribution in [0.15, 0.2) is 28.7 Å². The summed E-state index contributed by atoms with van der Waals surface area (Å²) in [5.41, 5.74) is 0.802. The Hall–Kier alpha value is -0.630. The number of carbonyl (C=O) groups is 1. The van der Waals surface area contributed by atoms with E-state index in [-0.39, 0.29) is 5.78 Å². The van der Waals surface area contributed by atoms with Crippen molar-refractivity contribution in [2.45, 2.75) is 26.2 Å². The lowest BCUT2D eigenvalue weighted by atomic mass is 10.1. The Labute approximate surface area is 87.3 Å². The average Bonchev–Trinajstić information content (AvgIpc) is 2.15. The van der Waals surface area contributed by atoms with Crippen LogP contribution in [0, 0.1) is 0 Å². The summed E-state index contributed by atoms with van der Waals surface area (Å²) in [6.07, 6.45) is 2.69. The number of Topliss-reactive ketones (excluding diaryl/α,β-unsaturated/α-hetero) is 1. The van der Waals surface area contributed by atoms with Crippen LogP contribution < -0.4 is 0 Å². The first-order valence-corrected chi connectivity index (χ1v) is 5.32. The van der Waals surface area contributed by atoms with Crippen molar-refractivity contribution in [3.63, 3.8) is 0 Å². The van der Waals surface area contributed by atoms with Crippen LogP contribution in [-0.4, -0.2) is 5.78 Å². The minimum absolute atomic E-state index is 0.231. The summed E-state index contributed by atoms with van der Waals surface area (Å²) in [5.74, 6) is 0.231. The van der Waals surface area contributed by atoms with Crippen LogP contribution in [0.3, 0.4) is 0 Å². The summed E-state index contributed by atoms with van der Waals surface area (Å²) < 4.78 is 0.899. The van der Waals surface area contributed by atoms with Crippen LogP contribution in [0.1, 0.15) is 36.5 Å². The second kappa shape index (κ2) is 5.18. The van der Waals surface area contributed by atoms with Crippen molar-refractivity contribution in [2.75, 3.05) is 0 Å². The van der Waals surface area contributed by atoms with Gasteiger partial charge in [-0.25, -0.2) is 0 Å². The topological polar surface area (TPSA) is 17.1 Å². The molecular formula is C11H13BrO. The lowest BCUT2D eigenvalue weighted by Gasteiger charge is -2.01. The fourth-order valence-electron chi connectivity index (χ4n) is 1.16. The molecule has 70 valence electrons. The van der Waals surface area contributed by atoms with Crippen molar-refractivity contribution in [3.8, 4) is 0 Å². The van der Waals surface area contributed by atoms with Crippen molar-refractivity contribution in [1.82, 2.24) is 0 Å². The lowest BCUT2D eigenvalue weighted by molar-refractivity contribution is 0.0979. The molecule has 0 amide bonds. The van der Waals surface area contributed by atoms with E-state index in [0.717, 1.165) is 22.9 Å². The molecule has 0 unspecified atom stereocenters. The maximum Gasteiger partial charge on any atom is 0.164 e. The van der Waals surface area contributed by atoms with Gasteiger partial charge in [-0.2, -0.15) is 0 Å². The summed E-state index contributed by atoms with van der Waals surface area (Å²) in [6.45, 7) is 2.09. The zero-order valence-corrected chi connectivity index (χ0v) is 9.30. The third kappa shape index (κ3) is 2.96. The molecule has 2 heteroatoms. The van der Waals surface area contributed by atoms with Crippen LogP contribution in [0.2, 0.25) is 0 Å². The highest BCUT2D eigenvalue weighted by molar-refractivity contribution is 9.10. The van der Waals surface area contributed by atoms with Gasteiger partial charge in [-0.15, -0.1) is 0 Å². The first kappa shape index (κ1) is 10.5. The highest BCUT2D eigenvalue weighted by Crippen LogP contribution is 2.18. The van der Waals surface area contributed by atoms with Gasteiger partial charge in [0.1, 0.15) is 0 Å². The number of unbranched alkanes of at least 4 members (excludes halogenated alkanes) is 1. The zero-order valence-electron chi connectivity index (χ0n) is 7.72. The molecule has 0 N–H and O–H groups in total. The summed E-state index contributed by atoms with van der Waals surface area (Å²) in [5, 5.41) is 0. The van der Waals surface area contributed by atoms with Crippen LogP contribution in [0.4, 0.5) is 0 Å². The minimum atomic E-state index is 0.231. The molecule has 0 aliphatic rings. The van der Waals surface area contributed by atoms with E-state index in [1.54, 1.807) is 0 Å². The number of carbonyl (C=O) groups excluding carboxylic acids is 1. The molecule has 13 heavy (non-hydrogen) atoms. The first-order chi connectivity index (χ1) is 6.25. The van der Waals surface area contributed by atoms with Crippen LogP contribution in [0.25, 0.3) is 0 Å². The summed E-state index contributed by atoms with van der Waals surface area (Å²) in [4.78, 5) is 11.6. The number of halogens is 1. The average molecular weight is 241 g/mol. The minimum Gasteiger partial charge on any atom is -0.294 e. The smallest absolute Gasteiger partial charge is 0.164 e. The number of benzene rings is 1. The third-order valence-electron chi connectivity index (χ3n) is 1.93. The van der Waals surface area contributed by atoms with Gasteiger partial charge in [0.2, 0.25) is 0 Å². The molecule has 0 saturated heterocycles. The number of hydrogen-bond donors (Lipinski definition) is 0. The van der Waals surface area contributed by atoms with Crippen molar-refractivity contribution in [1.29, 1.82) is 0 Å². The highest BCUT2D eigenvalue weighted by Gasteiger charge is 2.07. The molecule has 0 aliphatic carbocycles. The van der Waals surface area contributed by atoms with Gasteiger partial charge >= 0.3 is 0 Å². The van der Waals surface area contributed by atoms with Gasteiger partial charge in [0.05, 0.1) is 0 Å². The summed E-state index contributed by atoms with van der Waals surface area (Å²) in [7, 11) is 0. The van der Waals surface area contributed by atoms with E-state index in [0.29, 0.717) is 6.42 Å². The van der Waals surface area contributed by atoms with Crippen molar-refractivity contribution in [3.05, 3.63) is 34.3 Å². The third-order valence-corrected chi connectivity index (χ3v) is 2.62. The Kier molecular flexibility index (Phi) is 4.16. The Bertz CT molecular complexity index is 294. The van der Waals surface area contributed by atoms with E-state index in [4.69, 9.17) is 0 Å². The first-order valence-electron chi connectivity index (χ1n) is 4.53. The fraction of sp³-hybridized carbons (Fsp3) is 0.364. The van der Waals surface area contributed by atoms with Gasteiger partial charge < -0.3 is 0 Å². The van der Waals surface area contributed by atoms with Gasteiger partial charge in [-0.05, 0) is 12.5 Å². The monoisotopic (exact) mass is 240 g/mol. The summed E-state index contributed by atoms with van der Waals surface area (Å²) in [6, 6.07) is 7.58. The van der Waals surface area contributed by atoms with E-state index in [1.165, 1.54) is 0 Å². The van der Waals surface area contributed by atoms with Crippen LogP contribution in [0.5, 0.6) is 0 Å². The molecule has 1 rings (SSSR count). The molecule has 0 spiro atoms. The maximum absolute atomic E-state index is 11.6. The number of rotatable bonds is 4. The quantitative estimate of drug-likeness (QED) is 0.732. The zero-order chi connectivity index (χ0) is 9.68. The number of hydrogen-bond acceptors (Lipinski definition) is 1. The number of ketones is 1. The SMILES string of the molecule is CCCCC(=O)c1ccccc1Br. The molecule has 0 aliphatic heterocycles. The van der Waals surface area contributed by atoms with Crippen LogP contribution >= 0.6 is 15.9 Å². The second-order valence-electron chi connectivity index (χ2n) is 3.01. The van der Waals surface area contributed by atoms with E-state index in [2.05, 4.69) is 22.9 Å². The predicted molar refractivity (Wildman–Crippen MR) is 58.0 cm³/mol. The normalized spacial score (nSPS) is 10.0. The molecule has 0 heterocycles. The van der Waals surface area contributed by atoms with E-state index >= 15 is 0 Å². The molecule has 1 nitrogen and oxygen atoms in total. The molecule has 0 atom stereocenters. The van der Waals surface area contributed by atoms with Gasteiger partial charge in [-0.1, -0.05) is 47.5 Å². The molecule has 1 aromatic rings. The molecule has 0 saturated carbocycles. The van der Waals surface area contributed by atoms with E-state index < -0.39 is 0 Å². The summed E-state index contributed by atoms with van der Waals surface area (Å²) >= 11 is 3.37. The Morgan fingerprint density at radius 1 is 1.38 bits per heavy atom. The van der Waals surface area contributed by atoms with Crippen molar-refractivity contribution < 1.29 is 4.79 Å². The van der Waals surface area contributed by atoms with Gasteiger partial charge in [0.15, 0.2) is 5.78 Å². The molecular weight excluding hydrogens is 228 g/mol. The van der Waals surface area contributed by atoms with Gasteiger partial charge in [0, 0.05) is 16.5 Å². The largest absolute Gasteiger partial charge is 0.294 e. The highest BCUT2D eigenvalue weighted by atomic mass is 79.9. The molecule has 0 fully saturated rings. The van der Waals surface area contributed by atoms with Crippen LogP contribution in [-0.2, 0) is 0 Å². The van der Waals surface area contributed by atoms with E-state index in [1.807, 2.05) is 24.3 Å². The van der Waals surface area contributed by atoms with Crippen molar-refractivity contribution >= 4 is 21.7 Å². The maximum atomic E-state index is 11.6. The standard InChI is InChI=1S/C11H13BrO/c1-2-3-8-11(13)9-6-4-5-7-10(9)12/h4-7H,2-3,8H2,1H3. The second-order valence-corrected chi connectivity index (χ2v) is 3.86. The molecule has 0 radical (unpaired) electrons. The van der Waals surface area contributed by atoms with Gasteiger partial charge in [0.25, 0.3) is 0 Å². The molecule has 0 aromatic heterocycles. The van der Waals surface area contributed by atoms with Crippen molar-refractivity contribution in [2.24, 2.45) is 0 Å². The Morgan fingerprint density at radius 3 is 2.69 bits per heavy atom. The van der Waals surface area contributed by atoms with Gasteiger partial charge in [-0.3, -0.25) is 4.79 Å². The lowest BCUT2D eigenvalue weighted by Crippen LogP contribution is -1.99. The molecule has 0 bridgehead atoms. The Morgan fingerprint density at radius 2 is 2.08 bits per heavy atom. The fourth-order valence-corrected chi connectivity index (χ4v) is 1.67. The van der Waals surface area contributed by atoms with E-state index in [9.17, 15) is 4.79 Å². The predicted octanol–water partition coefficient (Wildman–Crippen LogP) is 3.82.